The van der Waals surface area contributed by atoms with E-state index >= 15 is 0 Å². The van der Waals surface area contributed by atoms with E-state index in [9.17, 15) is 10.2 Å². The lowest BCUT2D eigenvalue weighted by Gasteiger charge is -2.24. The van der Waals surface area contributed by atoms with E-state index in [0.29, 0.717) is 22.5 Å². The smallest absolute Gasteiger partial charge is 0.169 e. The summed E-state index contributed by atoms with van der Waals surface area (Å²) in [7, 11) is 0. The molecular formula is C49H68O4S2. The van der Waals surface area contributed by atoms with E-state index in [2.05, 4.69) is 106 Å². The average molecular weight is 785 g/mol. The molecule has 6 heteroatoms. The monoisotopic (exact) mass is 784 g/mol. The highest BCUT2D eigenvalue weighted by Gasteiger charge is 2.23. The lowest BCUT2D eigenvalue weighted by molar-refractivity contribution is 0.403. The van der Waals surface area contributed by atoms with Crippen LogP contribution in [0.15, 0.2) is 48.5 Å². The molecule has 0 aliphatic heterocycles. The lowest BCUT2D eigenvalue weighted by Crippen LogP contribution is -2.12. The number of aryl methyl sites for hydroxylation is 6. The molecule has 0 atom stereocenters. The number of hydrogen-bond donors (Lipinski definition) is 2. The minimum atomic E-state index is -0.0111. The number of thioether (sulfide) groups is 2. The van der Waals surface area contributed by atoms with Crippen LogP contribution in [0.3, 0.4) is 0 Å². The summed E-state index contributed by atoms with van der Waals surface area (Å²) < 4.78 is 12.6. The van der Waals surface area contributed by atoms with Gasteiger partial charge in [-0.2, -0.15) is 23.5 Å². The van der Waals surface area contributed by atoms with Crippen molar-refractivity contribution in [1.29, 1.82) is 0 Å². The molecule has 1 saturated carbocycles. The van der Waals surface area contributed by atoms with E-state index in [1.807, 2.05) is 44.0 Å². The van der Waals surface area contributed by atoms with Gasteiger partial charge < -0.3 is 19.7 Å². The molecule has 1 aliphatic rings. The Morgan fingerprint density at radius 3 is 1.27 bits per heavy atom. The maximum absolute atomic E-state index is 11.2. The second-order valence-corrected chi connectivity index (χ2v) is 20.0. The number of hydrogen-bond acceptors (Lipinski definition) is 6. The van der Waals surface area contributed by atoms with Gasteiger partial charge in [-0.3, -0.25) is 0 Å². The first-order valence-electron chi connectivity index (χ1n) is 20.1. The summed E-state index contributed by atoms with van der Waals surface area (Å²) in [5.41, 5.74) is 11.1. The van der Waals surface area contributed by atoms with Gasteiger partial charge in [0.2, 0.25) is 0 Å². The van der Waals surface area contributed by atoms with Gasteiger partial charge in [0, 0.05) is 27.9 Å². The van der Waals surface area contributed by atoms with Crippen LogP contribution in [0, 0.1) is 41.5 Å². The fourth-order valence-corrected chi connectivity index (χ4v) is 9.23. The summed E-state index contributed by atoms with van der Waals surface area (Å²) in [6.45, 7) is 25.6. The van der Waals surface area contributed by atoms with E-state index in [0.717, 1.165) is 56.4 Å². The standard InChI is InChI=1S/C28H40O2S.C21H28O2S/c1-19-14-20(2)27(21(3)15-19)30-25-17-23(28(4,5)6)16-22(26(25)29)18-31-24-12-10-8-7-9-11-13-24;1-13-8-14(2)20(15(3)9-13)23-18-11-17(21(4,5)6)10-16(12-24-7)19(18)22/h14-17,24,29H,7-13,18H2,1-6H3;8-11,22H,12H2,1-7H3. The topological polar surface area (TPSA) is 58.9 Å². The molecule has 4 aromatic rings. The molecule has 0 heterocycles. The molecule has 2 N–H and O–H groups in total. The van der Waals surface area contributed by atoms with E-state index in [1.165, 1.54) is 67.2 Å². The molecule has 0 amide bonds. The van der Waals surface area contributed by atoms with Crippen molar-refractivity contribution >= 4 is 23.5 Å². The van der Waals surface area contributed by atoms with Crippen LogP contribution >= 0.6 is 23.5 Å². The summed E-state index contributed by atoms with van der Waals surface area (Å²) in [6.07, 6.45) is 11.5. The van der Waals surface area contributed by atoms with Gasteiger partial charge in [0.05, 0.1) is 0 Å². The van der Waals surface area contributed by atoms with E-state index in [4.69, 9.17) is 9.47 Å². The molecule has 1 aliphatic carbocycles. The molecule has 0 bridgehead atoms. The van der Waals surface area contributed by atoms with Gasteiger partial charge in [0.15, 0.2) is 23.0 Å². The zero-order valence-electron chi connectivity index (χ0n) is 36.1. The normalized spacial score (nSPS) is 14.1. The first-order valence-corrected chi connectivity index (χ1v) is 22.6. The predicted molar refractivity (Wildman–Crippen MR) is 240 cm³/mol. The van der Waals surface area contributed by atoms with Crippen molar-refractivity contribution in [3.05, 3.63) is 104 Å². The predicted octanol–water partition coefficient (Wildman–Crippen LogP) is 15.0. The minimum Gasteiger partial charge on any atom is -0.504 e. The number of aromatic hydroxyl groups is 2. The number of benzene rings is 4. The third-order valence-electron chi connectivity index (χ3n) is 10.5. The molecule has 1 fully saturated rings. The number of phenolic OH excluding ortho intramolecular Hbond substituents is 2. The Morgan fingerprint density at radius 1 is 0.545 bits per heavy atom. The van der Waals surface area contributed by atoms with Crippen LogP contribution in [0.4, 0.5) is 0 Å². The Bertz CT molecular complexity index is 1860. The van der Waals surface area contributed by atoms with Crippen molar-refractivity contribution in [2.75, 3.05) is 6.26 Å². The molecule has 4 nitrogen and oxygen atoms in total. The fourth-order valence-electron chi connectivity index (χ4n) is 7.40. The second kappa shape index (κ2) is 19.3. The highest BCUT2D eigenvalue weighted by Crippen LogP contribution is 2.44. The number of rotatable bonds is 9. The van der Waals surface area contributed by atoms with Crippen LogP contribution < -0.4 is 9.47 Å². The SMILES string of the molecule is CSCc1cc(C(C)(C)C)cc(Oc2c(C)cc(C)cc2C)c1O.Cc1cc(C)c(Oc2cc(C(C)(C)C)cc(CSC3CCCCCCC3)c2O)c(C)c1. The summed E-state index contributed by atoms with van der Waals surface area (Å²) >= 11 is 3.71. The van der Waals surface area contributed by atoms with Crippen LogP contribution in [0.1, 0.15) is 142 Å². The number of phenols is 2. The van der Waals surface area contributed by atoms with Gasteiger partial charge >= 0.3 is 0 Å². The van der Waals surface area contributed by atoms with Crippen molar-refractivity contribution in [3.8, 4) is 34.5 Å². The molecule has 0 spiro atoms. The van der Waals surface area contributed by atoms with Crippen molar-refractivity contribution in [3.63, 3.8) is 0 Å². The van der Waals surface area contributed by atoms with Crippen molar-refractivity contribution in [2.45, 2.75) is 156 Å². The van der Waals surface area contributed by atoms with Crippen molar-refractivity contribution in [1.82, 2.24) is 0 Å². The Balaban J connectivity index is 0.000000253. The van der Waals surface area contributed by atoms with Crippen molar-refractivity contribution in [2.24, 2.45) is 0 Å². The molecule has 4 aromatic carbocycles. The Kier molecular flexibility index (Phi) is 15.6. The highest BCUT2D eigenvalue weighted by atomic mass is 32.2. The van der Waals surface area contributed by atoms with Gasteiger partial charge in [0.25, 0.3) is 0 Å². The molecule has 5 rings (SSSR count). The van der Waals surface area contributed by atoms with E-state index in [-0.39, 0.29) is 16.6 Å². The molecule has 0 aromatic heterocycles. The summed E-state index contributed by atoms with van der Waals surface area (Å²) in [4.78, 5) is 0. The third-order valence-corrected chi connectivity index (χ3v) is 12.5. The van der Waals surface area contributed by atoms with Crippen LogP contribution in [-0.4, -0.2) is 21.7 Å². The highest BCUT2D eigenvalue weighted by molar-refractivity contribution is 7.99. The summed E-state index contributed by atoms with van der Waals surface area (Å²) in [5, 5.41) is 22.5. The van der Waals surface area contributed by atoms with Gasteiger partial charge in [-0.15, -0.1) is 0 Å². The second-order valence-electron chi connectivity index (χ2n) is 17.8. The maximum atomic E-state index is 11.2. The third kappa shape index (κ3) is 12.4. The lowest BCUT2D eigenvalue weighted by atomic mass is 9.86. The molecular weight excluding hydrogens is 717 g/mol. The molecule has 300 valence electrons. The van der Waals surface area contributed by atoms with E-state index in [1.54, 1.807) is 11.8 Å². The molecule has 0 saturated heterocycles. The Morgan fingerprint density at radius 2 is 0.909 bits per heavy atom. The van der Waals surface area contributed by atoms with E-state index < -0.39 is 0 Å². The zero-order chi connectivity index (χ0) is 40.7. The van der Waals surface area contributed by atoms with Crippen LogP contribution in [0.5, 0.6) is 34.5 Å². The largest absolute Gasteiger partial charge is 0.504 e. The van der Waals surface area contributed by atoms with Gasteiger partial charge in [-0.25, -0.2) is 0 Å². The summed E-state index contributed by atoms with van der Waals surface area (Å²) in [5.74, 6) is 4.95. The Labute approximate surface area is 342 Å². The maximum Gasteiger partial charge on any atom is 0.169 e. The summed E-state index contributed by atoms with van der Waals surface area (Å²) in [6, 6.07) is 16.8. The fraction of sp³-hybridized carbons (Fsp3) is 0.510. The average Bonchev–Trinajstić information content (AvgIpc) is 3.06. The molecule has 0 radical (unpaired) electrons. The molecule has 0 unspecified atom stereocenters. The zero-order valence-corrected chi connectivity index (χ0v) is 37.7. The first-order chi connectivity index (χ1) is 25.8. The van der Waals surface area contributed by atoms with Crippen LogP contribution in [0.2, 0.25) is 0 Å². The van der Waals surface area contributed by atoms with Gasteiger partial charge in [0.1, 0.15) is 11.5 Å². The van der Waals surface area contributed by atoms with Crippen molar-refractivity contribution < 1.29 is 19.7 Å². The number of ether oxygens (including phenoxy) is 2. The quantitative estimate of drug-likeness (QED) is 0.176. The van der Waals surface area contributed by atoms with Crippen LogP contribution in [-0.2, 0) is 22.3 Å². The Hall–Kier alpha value is -3.22. The van der Waals surface area contributed by atoms with Gasteiger partial charge in [-0.05, 0) is 117 Å². The van der Waals surface area contributed by atoms with Gasteiger partial charge in [-0.1, -0.05) is 121 Å². The first kappa shape index (κ1) is 44.5. The molecule has 55 heavy (non-hydrogen) atoms. The minimum absolute atomic E-state index is 0.00364. The van der Waals surface area contributed by atoms with Crippen LogP contribution in [0.25, 0.3) is 0 Å².